The molecule has 2 rings (SSSR count). The maximum atomic E-state index is 12.4. The monoisotopic (exact) mass is 309 g/mol. The average Bonchev–Trinajstić information content (AvgIpc) is 2.47. The van der Waals surface area contributed by atoms with Crippen LogP contribution in [0, 0.1) is 21.4 Å². The van der Waals surface area contributed by atoms with Crippen LogP contribution in [-0.2, 0) is 0 Å². The number of carbonyl (C=O) groups excluding carboxylic acids is 1. The van der Waals surface area contributed by atoms with Gasteiger partial charge in [-0.3, -0.25) is 19.8 Å². The lowest BCUT2D eigenvalue weighted by Gasteiger charge is -2.33. The Morgan fingerprint density at radius 1 is 1.48 bits per heavy atom. The lowest BCUT2D eigenvalue weighted by Crippen LogP contribution is -2.48. The van der Waals surface area contributed by atoms with E-state index in [9.17, 15) is 14.9 Å². The van der Waals surface area contributed by atoms with Crippen LogP contribution in [0.5, 0.6) is 0 Å². The minimum atomic E-state index is -0.700. The molecular weight excluding hydrogens is 298 g/mol. The van der Waals surface area contributed by atoms with Crippen LogP contribution in [0.25, 0.3) is 0 Å². The van der Waals surface area contributed by atoms with Crippen molar-refractivity contribution < 1.29 is 9.72 Å². The van der Waals surface area contributed by atoms with E-state index < -0.39 is 16.5 Å². The molecule has 0 bridgehead atoms. The molecule has 8 nitrogen and oxygen atoms in total. The molecule has 0 N–H and O–H groups in total. The third kappa shape index (κ3) is 3.26. The Labute approximate surface area is 125 Å². The van der Waals surface area contributed by atoms with Gasteiger partial charge in [0, 0.05) is 32.4 Å². The molecule has 1 aromatic rings. The third-order valence-corrected chi connectivity index (χ3v) is 3.52. The van der Waals surface area contributed by atoms with E-state index >= 15 is 0 Å². The van der Waals surface area contributed by atoms with Crippen molar-refractivity contribution >= 4 is 23.2 Å². The standard InChI is InChI=1S/C12H12ClN5O3/c13-11-10(18(20)21)9(1-3-15-11)12(19)17-7-5-16(4-2-14)6-8-17/h1,3H,4-8H2. The van der Waals surface area contributed by atoms with E-state index in [2.05, 4.69) is 11.1 Å². The zero-order valence-corrected chi connectivity index (χ0v) is 11.8. The van der Waals surface area contributed by atoms with E-state index in [1.165, 1.54) is 17.2 Å². The van der Waals surface area contributed by atoms with E-state index in [1.54, 1.807) is 0 Å². The third-order valence-electron chi connectivity index (χ3n) is 3.25. The second-order valence-corrected chi connectivity index (χ2v) is 4.84. The smallest absolute Gasteiger partial charge is 0.319 e. The molecule has 1 aliphatic rings. The van der Waals surface area contributed by atoms with Crippen LogP contribution in [0.3, 0.4) is 0 Å². The summed E-state index contributed by atoms with van der Waals surface area (Å²) in [7, 11) is 0. The SMILES string of the molecule is N#CCN1CCN(C(=O)c2ccnc(Cl)c2[N+](=O)[O-])CC1. The molecule has 0 unspecified atom stereocenters. The fourth-order valence-corrected chi connectivity index (χ4v) is 2.38. The Morgan fingerprint density at radius 3 is 2.71 bits per heavy atom. The van der Waals surface area contributed by atoms with Gasteiger partial charge in [0.1, 0.15) is 5.56 Å². The Hall–Kier alpha value is -2.24. The minimum absolute atomic E-state index is 0.0614. The van der Waals surface area contributed by atoms with Gasteiger partial charge in [-0.1, -0.05) is 11.6 Å². The number of hydrogen-bond acceptors (Lipinski definition) is 6. The van der Waals surface area contributed by atoms with Crippen LogP contribution in [0.15, 0.2) is 12.3 Å². The molecule has 1 amide bonds. The first-order chi connectivity index (χ1) is 10.0. The van der Waals surface area contributed by atoms with E-state index in [1.807, 2.05) is 4.90 Å². The number of hydrogen-bond donors (Lipinski definition) is 0. The van der Waals surface area contributed by atoms with Gasteiger partial charge in [-0.05, 0) is 6.07 Å². The Balaban J connectivity index is 2.17. The summed E-state index contributed by atoms with van der Waals surface area (Å²) >= 11 is 5.70. The van der Waals surface area contributed by atoms with Crippen molar-refractivity contribution in [2.24, 2.45) is 0 Å². The van der Waals surface area contributed by atoms with Gasteiger partial charge < -0.3 is 4.90 Å². The normalized spacial score (nSPS) is 15.5. The Morgan fingerprint density at radius 2 is 2.14 bits per heavy atom. The minimum Gasteiger partial charge on any atom is -0.336 e. The van der Waals surface area contributed by atoms with Gasteiger partial charge in [-0.25, -0.2) is 4.98 Å². The Kier molecular flexibility index (Phi) is 4.67. The number of nitriles is 1. The molecule has 0 spiro atoms. The van der Waals surface area contributed by atoms with Gasteiger partial charge in [0.15, 0.2) is 0 Å². The van der Waals surface area contributed by atoms with Crippen LogP contribution in [0.2, 0.25) is 5.15 Å². The van der Waals surface area contributed by atoms with Gasteiger partial charge in [-0.2, -0.15) is 5.26 Å². The van der Waals surface area contributed by atoms with Crippen molar-refractivity contribution in [3.63, 3.8) is 0 Å². The van der Waals surface area contributed by atoms with Crippen molar-refractivity contribution in [3.8, 4) is 6.07 Å². The quantitative estimate of drug-likeness (QED) is 0.356. The van der Waals surface area contributed by atoms with Crippen molar-refractivity contribution in [2.75, 3.05) is 32.7 Å². The van der Waals surface area contributed by atoms with E-state index in [-0.39, 0.29) is 10.7 Å². The molecular formula is C12H12ClN5O3. The molecule has 0 atom stereocenters. The van der Waals surface area contributed by atoms with Crippen LogP contribution in [0.1, 0.15) is 10.4 Å². The highest BCUT2D eigenvalue weighted by Gasteiger charge is 2.29. The first-order valence-electron chi connectivity index (χ1n) is 6.22. The fourth-order valence-electron chi connectivity index (χ4n) is 2.15. The molecule has 110 valence electrons. The van der Waals surface area contributed by atoms with Gasteiger partial charge >= 0.3 is 5.69 Å². The summed E-state index contributed by atoms with van der Waals surface area (Å²) in [6.45, 7) is 2.26. The zero-order chi connectivity index (χ0) is 15.4. The Bertz CT molecular complexity index is 607. The van der Waals surface area contributed by atoms with Crippen LogP contribution in [0.4, 0.5) is 5.69 Å². The van der Waals surface area contributed by atoms with E-state index in [4.69, 9.17) is 16.9 Å². The van der Waals surface area contributed by atoms with Gasteiger partial charge in [-0.15, -0.1) is 0 Å². The lowest BCUT2D eigenvalue weighted by atomic mass is 10.2. The van der Waals surface area contributed by atoms with Gasteiger partial charge in [0.2, 0.25) is 5.15 Å². The summed E-state index contributed by atoms with van der Waals surface area (Å²) in [5, 5.41) is 19.4. The topological polar surface area (TPSA) is 103 Å². The predicted octanol–water partition coefficient (Wildman–Crippen LogP) is 0.925. The number of carbonyl (C=O) groups is 1. The van der Waals surface area contributed by atoms with Crippen LogP contribution in [-0.4, -0.2) is 58.3 Å². The predicted molar refractivity (Wildman–Crippen MR) is 73.9 cm³/mol. The molecule has 0 radical (unpaired) electrons. The van der Waals surface area contributed by atoms with Crippen molar-refractivity contribution in [1.29, 1.82) is 5.26 Å². The number of piperazine rings is 1. The summed E-state index contributed by atoms with van der Waals surface area (Å²) in [6.07, 6.45) is 1.27. The summed E-state index contributed by atoms with van der Waals surface area (Å²) in [4.78, 5) is 29.8. The van der Waals surface area contributed by atoms with Crippen molar-refractivity contribution in [2.45, 2.75) is 0 Å². The summed E-state index contributed by atoms with van der Waals surface area (Å²) in [5.41, 5.74) is -0.530. The summed E-state index contributed by atoms with van der Waals surface area (Å²) < 4.78 is 0. The summed E-state index contributed by atoms with van der Waals surface area (Å²) in [5.74, 6) is -0.442. The fraction of sp³-hybridized carbons (Fsp3) is 0.417. The first-order valence-corrected chi connectivity index (χ1v) is 6.60. The maximum absolute atomic E-state index is 12.4. The zero-order valence-electron chi connectivity index (χ0n) is 11.0. The molecule has 0 aliphatic carbocycles. The number of rotatable bonds is 3. The molecule has 9 heteroatoms. The number of aromatic nitrogens is 1. The molecule has 0 saturated carbocycles. The molecule has 1 saturated heterocycles. The number of pyridine rings is 1. The second-order valence-electron chi connectivity index (χ2n) is 4.48. The van der Waals surface area contributed by atoms with Crippen LogP contribution >= 0.6 is 11.6 Å². The average molecular weight is 310 g/mol. The van der Waals surface area contributed by atoms with Gasteiger partial charge in [0.25, 0.3) is 5.91 Å². The highest BCUT2D eigenvalue weighted by molar-refractivity contribution is 6.32. The summed E-state index contributed by atoms with van der Waals surface area (Å²) in [6, 6.07) is 3.35. The molecule has 1 fully saturated rings. The highest BCUT2D eigenvalue weighted by atomic mass is 35.5. The molecule has 1 aliphatic heterocycles. The maximum Gasteiger partial charge on any atom is 0.319 e. The van der Waals surface area contributed by atoms with Gasteiger partial charge in [0.05, 0.1) is 17.5 Å². The molecule has 2 heterocycles. The highest BCUT2D eigenvalue weighted by Crippen LogP contribution is 2.27. The van der Waals surface area contributed by atoms with Crippen molar-refractivity contribution in [3.05, 3.63) is 33.1 Å². The first kappa shape index (κ1) is 15.2. The van der Waals surface area contributed by atoms with E-state index in [0.717, 1.165) is 0 Å². The van der Waals surface area contributed by atoms with E-state index in [0.29, 0.717) is 32.7 Å². The lowest BCUT2D eigenvalue weighted by molar-refractivity contribution is -0.385. The number of nitrogens with zero attached hydrogens (tertiary/aromatic N) is 5. The largest absolute Gasteiger partial charge is 0.336 e. The number of nitro groups is 1. The number of amides is 1. The second kappa shape index (κ2) is 6.47. The number of halogens is 1. The van der Waals surface area contributed by atoms with Crippen LogP contribution < -0.4 is 0 Å². The van der Waals surface area contributed by atoms with Crippen molar-refractivity contribution in [1.82, 2.24) is 14.8 Å². The molecule has 0 aromatic carbocycles. The molecule has 1 aromatic heterocycles. The molecule has 21 heavy (non-hydrogen) atoms.